The van der Waals surface area contributed by atoms with Crippen LogP contribution in [-0.4, -0.2) is 9.97 Å². The third kappa shape index (κ3) is 4.90. The molecule has 2 heterocycles. The highest BCUT2D eigenvalue weighted by Gasteiger charge is 2.42. The van der Waals surface area contributed by atoms with Gasteiger partial charge in [-0.3, -0.25) is 0 Å². The van der Waals surface area contributed by atoms with Gasteiger partial charge in [-0.05, 0) is 57.1 Å². The van der Waals surface area contributed by atoms with Gasteiger partial charge in [-0.15, -0.1) is 23.5 Å². The molecule has 9 rings (SSSR count). The lowest BCUT2D eigenvalue weighted by molar-refractivity contribution is 0.643. The summed E-state index contributed by atoms with van der Waals surface area (Å²) in [5, 5.41) is 0. The molecule has 4 heteroatoms. The van der Waals surface area contributed by atoms with Gasteiger partial charge in [0.05, 0.1) is 16.0 Å². The second kappa shape index (κ2) is 11.7. The molecule has 1 atom stereocenters. The quantitative estimate of drug-likeness (QED) is 0.185. The standard InChI is InChI=1S/C44H32N2S2/c1-44(2)35-23-13-22-33(39(35)34-24-25-38-41(40(34)44)48-43(47-38)30-18-10-5-11-19-30)31-20-12-21-32(26-31)37-27-36(28-14-6-3-7-15-28)45-42(46-37)29-16-8-4-9-17-29/h3-27,43H,1-2H3. The van der Waals surface area contributed by atoms with E-state index >= 15 is 0 Å². The summed E-state index contributed by atoms with van der Waals surface area (Å²) in [7, 11) is 0. The largest absolute Gasteiger partial charge is 0.228 e. The van der Waals surface area contributed by atoms with Crippen LogP contribution in [-0.2, 0) is 5.41 Å². The van der Waals surface area contributed by atoms with E-state index < -0.39 is 0 Å². The van der Waals surface area contributed by atoms with Gasteiger partial charge >= 0.3 is 0 Å². The van der Waals surface area contributed by atoms with Crippen LogP contribution in [0.2, 0.25) is 0 Å². The van der Waals surface area contributed by atoms with Gasteiger partial charge in [-0.1, -0.05) is 147 Å². The van der Waals surface area contributed by atoms with Crippen LogP contribution >= 0.6 is 23.5 Å². The summed E-state index contributed by atoms with van der Waals surface area (Å²) in [6.45, 7) is 4.80. The Kier molecular flexibility index (Phi) is 7.11. The normalized spacial score (nSPS) is 15.5. The van der Waals surface area contributed by atoms with Crippen molar-refractivity contribution in [2.75, 3.05) is 0 Å². The Hall–Kier alpha value is -4.90. The molecule has 48 heavy (non-hydrogen) atoms. The third-order valence-corrected chi connectivity index (χ3v) is 12.5. The zero-order chi connectivity index (χ0) is 32.2. The Bertz CT molecular complexity index is 2260. The van der Waals surface area contributed by atoms with Gasteiger partial charge in [-0.25, -0.2) is 9.97 Å². The van der Waals surface area contributed by atoms with Gasteiger partial charge in [-0.2, -0.15) is 0 Å². The lowest BCUT2D eigenvalue weighted by atomic mass is 9.82. The molecule has 7 aromatic rings. The molecule has 1 aliphatic carbocycles. The van der Waals surface area contributed by atoms with Crippen LogP contribution in [0.4, 0.5) is 0 Å². The summed E-state index contributed by atoms with van der Waals surface area (Å²) in [4.78, 5) is 13.0. The Balaban J connectivity index is 1.16. The minimum Gasteiger partial charge on any atom is -0.228 e. The van der Waals surface area contributed by atoms with Crippen molar-refractivity contribution in [2.24, 2.45) is 0 Å². The summed E-state index contributed by atoms with van der Waals surface area (Å²) in [5.41, 5.74) is 14.3. The molecule has 0 radical (unpaired) electrons. The van der Waals surface area contributed by atoms with E-state index in [9.17, 15) is 0 Å². The van der Waals surface area contributed by atoms with Crippen molar-refractivity contribution < 1.29 is 0 Å². The topological polar surface area (TPSA) is 25.8 Å². The van der Waals surface area contributed by atoms with E-state index in [2.05, 4.69) is 141 Å². The second-order valence-electron chi connectivity index (χ2n) is 12.9. The number of hydrogen-bond acceptors (Lipinski definition) is 4. The first-order chi connectivity index (χ1) is 23.5. The first-order valence-electron chi connectivity index (χ1n) is 16.3. The average Bonchev–Trinajstić information content (AvgIpc) is 3.69. The smallest absolute Gasteiger partial charge is 0.160 e. The Labute approximate surface area is 290 Å². The molecule has 0 saturated carbocycles. The van der Waals surface area contributed by atoms with E-state index in [0.717, 1.165) is 33.9 Å². The highest BCUT2D eigenvalue weighted by molar-refractivity contribution is 8.19. The molecule has 1 aromatic heterocycles. The first kappa shape index (κ1) is 29.3. The monoisotopic (exact) mass is 652 g/mol. The van der Waals surface area contributed by atoms with Crippen molar-refractivity contribution in [1.82, 2.24) is 9.97 Å². The van der Waals surface area contributed by atoms with Crippen LogP contribution in [0.5, 0.6) is 0 Å². The van der Waals surface area contributed by atoms with E-state index in [1.165, 1.54) is 48.7 Å². The average molecular weight is 653 g/mol. The summed E-state index contributed by atoms with van der Waals surface area (Å²) in [5.74, 6) is 0.728. The van der Waals surface area contributed by atoms with Crippen LogP contribution < -0.4 is 0 Å². The number of rotatable bonds is 5. The van der Waals surface area contributed by atoms with Gasteiger partial charge in [0.2, 0.25) is 0 Å². The summed E-state index contributed by atoms with van der Waals surface area (Å²) < 4.78 is 0.373. The molecule has 2 nitrogen and oxygen atoms in total. The lowest BCUT2D eigenvalue weighted by Gasteiger charge is -2.24. The fourth-order valence-corrected chi connectivity index (χ4v) is 10.4. The van der Waals surface area contributed by atoms with E-state index in [0.29, 0.717) is 4.58 Å². The van der Waals surface area contributed by atoms with Crippen molar-refractivity contribution >= 4 is 23.5 Å². The molecule has 0 bridgehead atoms. The van der Waals surface area contributed by atoms with Crippen LogP contribution in [0.15, 0.2) is 161 Å². The number of aromatic nitrogens is 2. The zero-order valence-electron chi connectivity index (χ0n) is 26.7. The Morgan fingerprint density at radius 1 is 0.521 bits per heavy atom. The van der Waals surface area contributed by atoms with Crippen molar-refractivity contribution in [3.05, 3.63) is 168 Å². The number of benzene rings is 6. The molecule has 6 aromatic carbocycles. The number of nitrogens with zero attached hydrogens (tertiary/aromatic N) is 2. The van der Waals surface area contributed by atoms with Gasteiger partial charge < -0.3 is 0 Å². The number of fused-ring (bicyclic) bond motifs is 5. The van der Waals surface area contributed by atoms with E-state index in [-0.39, 0.29) is 5.41 Å². The number of hydrogen-bond donors (Lipinski definition) is 0. The minimum atomic E-state index is -0.107. The van der Waals surface area contributed by atoms with Crippen LogP contribution in [0.25, 0.3) is 56.2 Å². The molecular formula is C44H32N2S2. The molecule has 0 N–H and O–H groups in total. The second-order valence-corrected chi connectivity index (χ2v) is 15.5. The lowest BCUT2D eigenvalue weighted by Crippen LogP contribution is -2.16. The molecule has 0 fully saturated rings. The first-order valence-corrected chi connectivity index (χ1v) is 18.1. The van der Waals surface area contributed by atoms with Crippen LogP contribution in [0.3, 0.4) is 0 Å². The van der Waals surface area contributed by atoms with E-state index in [1.807, 2.05) is 47.8 Å². The molecule has 230 valence electrons. The fraction of sp³-hybridized carbons (Fsp3) is 0.0909. The third-order valence-electron chi connectivity index (χ3n) is 9.58. The predicted octanol–water partition coefficient (Wildman–Crippen LogP) is 12.3. The molecule has 0 amide bonds. The summed E-state index contributed by atoms with van der Waals surface area (Å²) >= 11 is 4.00. The summed E-state index contributed by atoms with van der Waals surface area (Å²) in [6.07, 6.45) is 0. The fourth-order valence-electron chi connectivity index (χ4n) is 7.25. The maximum absolute atomic E-state index is 5.12. The zero-order valence-corrected chi connectivity index (χ0v) is 28.4. The highest BCUT2D eigenvalue weighted by Crippen LogP contribution is 2.64. The van der Waals surface area contributed by atoms with Crippen molar-refractivity contribution in [2.45, 2.75) is 33.6 Å². The van der Waals surface area contributed by atoms with Crippen LogP contribution in [0.1, 0.15) is 35.1 Å². The highest BCUT2D eigenvalue weighted by atomic mass is 32.2. The van der Waals surface area contributed by atoms with Gasteiger partial charge in [0.25, 0.3) is 0 Å². The van der Waals surface area contributed by atoms with Gasteiger partial charge in [0.1, 0.15) is 0 Å². The maximum atomic E-state index is 5.12. The molecule has 1 aliphatic heterocycles. The van der Waals surface area contributed by atoms with Crippen molar-refractivity contribution in [3.8, 4) is 56.2 Å². The van der Waals surface area contributed by atoms with Gasteiger partial charge in [0.15, 0.2) is 5.82 Å². The maximum Gasteiger partial charge on any atom is 0.160 e. The molecule has 0 spiro atoms. The van der Waals surface area contributed by atoms with E-state index in [1.54, 1.807) is 0 Å². The molecule has 1 unspecified atom stereocenters. The molecule has 2 aliphatic rings. The van der Waals surface area contributed by atoms with Crippen LogP contribution in [0, 0.1) is 0 Å². The predicted molar refractivity (Wildman–Crippen MR) is 202 cm³/mol. The van der Waals surface area contributed by atoms with E-state index in [4.69, 9.17) is 9.97 Å². The number of thioether (sulfide) groups is 2. The van der Waals surface area contributed by atoms with Crippen molar-refractivity contribution in [3.63, 3.8) is 0 Å². The SMILES string of the molecule is CC1(C)c2cccc(-c3cccc(-c4cc(-c5ccccc5)nc(-c5ccccc5)n4)c3)c2-c2ccc3c(c21)SC(c1ccccc1)S3. The minimum absolute atomic E-state index is 0.107. The Morgan fingerprint density at radius 2 is 1.15 bits per heavy atom. The summed E-state index contributed by atoms with van der Waals surface area (Å²) in [6, 6.07) is 54.1. The van der Waals surface area contributed by atoms with Crippen molar-refractivity contribution in [1.29, 1.82) is 0 Å². The molecular weight excluding hydrogens is 621 g/mol. The molecule has 0 saturated heterocycles. The Morgan fingerprint density at radius 3 is 1.90 bits per heavy atom. The van der Waals surface area contributed by atoms with Gasteiger partial charge in [0, 0.05) is 31.9 Å².